The van der Waals surface area contributed by atoms with Crippen molar-refractivity contribution in [3.63, 3.8) is 0 Å². The molecule has 3 aliphatic rings. The van der Waals surface area contributed by atoms with Gasteiger partial charge < -0.3 is 15.2 Å². The van der Waals surface area contributed by atoms with E-state index in [-0.39, 0.29) is 18.1 Å². The fraction of sp³-hybridized carbons (Fsp3) is 0.526. The van der Waals surface area contributed by atoms with E-state index in [1.54, 1.807) is 0 Å². The SMILES string of the molecule is Cc1c(-c2nc(C3CC3)no2)cccc1C1CCC2NC(=O)NC2C1. The maximum Gasteiger partial charge on any atom is 0.315 e. The van der Waals surface area contributed by atoms with Crippen molar-refractivity contribution in [2.45, 2.75) is 62.9 Å². The van der Waals surface area contributed by atoms with Gasteiger partial charge in [0.25, 0.3) is 5.89 Å². The molecule has 6 nitrogen and oxygen atoms in total. The maximum atomic E-state index is 11.6. The first-order valence-corrected chi connectivity index (χ1v) is 9.19. The summed E-state index contributed by atoms with van der Waals surface area (Å²) in [5.74, 6) is 2.42. The molecule has 2 saturated carbocycles. The predicted molar refractivity (Wildman–Crippen MR) is 92.3 cm³/mol. The van der Waals surface area contributed by atoms with Gasteiger partial charge >= 0.3 is 6.03 Å². The number of nitrogens with one attached hydrogen (secondary N) is 2. The molecular weight excluding hydrogens is 316 g/mol. The second kappa shape index (κ2) is 5.58. The lowest BCUT2D eigenvalue weighted by Crippen LogP contribution is -2.39. The van der Waals surface area contributed by atoms with E-state index >= 15 is 0 Å². The first kappa shape index (κ1) is 14.9. The molecule has 1 aliphatic heterocycles. The molecule has 3 atom stereocenters. The van der Waals surface area contributed by atoms with Gasteiger partial charge in [-0.1, -0.05) is 17.3 Å². The molecule has 2 heterocycles. The van der Waals surface area contributed by atoms with Crippen LogP contribution in [-0.2, 0) is 0 Å². The fourth-order valence-electron chi connectivity index (χ4n) is 4.34. The highest BCUT2D eigenvalue weighted by atomic mass is 16.5. The van der Waals surface area contributed by atoms with Crippen molar-refractivity contribution in [1.82, 2.24) is 20.8 Å². The van der Waals surface area contributed by atoms with E-state index < -0.39 is 0 Å². The van der Waals surface area contributed by atoms with Gasteiger partial charge in [0, 0.05) is 11.5 Å². The quantitative estimate of drug-likeness (QED) is 0.900. The topological polar surface area (TPSA) is 80.1 Å². The first-order valence-electron chi connectivity index (χ1n) is 9.19. The number of aromatic nitrogens is 2. The maximum absolute atomic E-state index is 11.6. The predicted octanol–water partition coefficient (Wildman–Crippen LogP) is 3.24. The van der Waals surface area contributed by atoms with Gasteiger partial charge in [-0.05, 0) is 62.1 Å². The summed E-state index contributed by atoms with van der Waals surface area (Å²) >= 11 is 0. The van der Waals surface area contributed by atoms with Crippen LogP contribution in [0.15, 0.2) is 22.7 Å². The van der Waals surface area contributed by atoms with Gasteiger partial charge in [0.15, 0.2) is 5.82 Å². The first-order chi connectivity index (χ1) is 12.2. The lowest BCUT2D eigenvalue weighted by atomic mass is 9.77. The third kappa shape index (κ3) is 2.60. The number of nitrogens with zero attached hydrogens (tertiary/aromatic N) is 2. The molecule has 2 N–H and O–H groups in total. The summed E-state index contributed by atoms with van der Waals surface area (Å²) < 4.78 is 5.53. The summed E-state index contributed by atoms with van der Waals surface area (Å²) in [5.41, 5.74) is 3.59. The van der Waals surface area contributed by atoms with Crippen LogP contribution in [0.25, 0.3) is 11.5 Å². The number of benzene rings is 1. The number of rotatable bonds is 3. The lowest BCUT2D eigenvalue weighted by molar-refractivity contribution is 0.247. The molecule has 3 fully saturated rings. The standard InChI is InChI=1S/C19H22N4O2/c1-10-13(12-7-8-15-16(9-12)21-19(24)20-15)3-2-4-14(10)18-22-17(23-25-18)11-5-6-11/h2-4,11-12,15-16H,5-9H2,1H3,(H2,20,21,24). The average Bonchev–Trinajstić information content (AvgIpc) is 3.22. The summed E-state index contributed by atoms with van der Waals surface area (Å²) in [6.45, 7) is 2.14. The highest BCUT2D eigenvalue weighted by Gasteiger charge is 2.38. The number of hydrogen-bond donors (Lipinski definition) is 2. The number of carbonyl (C=O) groups excluding carboxylic acids is 1. The van der Waals surface area contributed by atoms with Crippen LogP contribution in [0.1, 0.15) is 60.9 Å². The molecule has 0 bridgehead atoms. The van der Waals surface area contributed by atoms with Crippen LogP contribution >= 0.6 is 0 Å². The Morgan fingerprint density at radius 2 is 1.88 bits per heavy atom. The lowest BCUT2D eigenvalue weighted by Gasteiger charge is -2.31. The van der Waals surface area contributed by atoms with Crippen LogP contribution in [0.3, 0.4) is 0 Å². The zero-order chi connectivity index (χ0) is 17.0. The molecule has 5 rings (SSSR count). The second-order valence-corrected chi connectivity index (χ2v) is 7.59. The van der Waals surface area contributed by atoms with Crippen LogP contribution in [0.4, 0.5) is 4.79 Å². The molecule has 2 aromatic rings. The monoisotopic (exact) mass is 338 g/mol. The molecule has 6 heteroatoms. The van der Waals surface area contributed by atoms with Gasteiger partial charge in [0.1, 0.15) is 0 Å². The summed E-state index contributed by atoms with van der Waals surface area (Å²) in [7, 11) is 0. The van der Waals surface area contributed by atoms with E-state index in [1.165, 1.54) is 24.0 Å². The van der Waals surface area contributed by atoms with Crippen LogP contribution < -0.4 is 10.6 Å². The van der Waals surface area contributed by atoms with Gasteiger partial charge in [-0.15, -0.1) is 0 Å². The van der Waals surface area contributed by atoms with E-state index in [0.29, 0.717) is 17.7 Å². The van der Waals surface area contributed by atoms with E-state index in [4.69, 9.17) is 4.52 Å². The number of carbonyl (C=O) groups is 1. The molecule has 1 aromatic carbocycles. The minimum Gasteiger partial charge on any atom is -0.334 e. The molecule has 0 spiro atoms. The molecule has 1 saturated heterocycles. The minimum atomic E-state index is -0.0282. The Balaban J connectivity index is 1.43. The van der Waals surface area contributed by atoms with Crippen molar-refractivity contribution < 1.29 is 9.32 Å². The van der Waals surface area contributed by atoms with Gasteiger partial charge in [0.05, 0.1) is 12.1 Å². The Labute approximate surface area is 146 Å². The summed E-state index contributed by atoms with van der Waals surface area (Å²) in [6.07, 6.45) is 5.42. The molecule has 1 aromatic heterocycles. The van der Waals surface area contributed by atoms with E-state index in [1.807, 2.05) is 0 Å². The molecular formula is C19H22N4O2. The number of urea groups is 1. The third-order valence-electron chi connectivity index (χ3n) is 5.91. The van der Waals surface area contributed by atoms with Crippen LogP contribution in [0, 0.1) is 6.92 Å². The molecule has 2 amide bonds. The normalized spacial score (nSPS) is 28.4. The number of fused-ring (bicyclic) bond motifs is 1. The molecule has 3 unspecified atom stereocenters. The van der Waals surface area contributed by atoms with E-state index in [2.05, 4.69) is 45.9 Å². The Morgan fingerprint density at radius 3 is 2.72 bits per heavy atom. The molecule has 0 radical (unpaired) electrons. The van der Waals surface area contributed by atoms with Crippen molar-refractivity contribution in [3.8, 4) is 11.5 Å². The van der Waals surface area contributed by atoms with Crippen molar-refractivity contribution in [2.75, 3.05) is 0 Å². The van der Waals surface area contributed by atoms with Crippen LogP contribution in [0.5, 0.6) is 0 Å². The smallest absolute Gasteiger partial charge is 0.315 e. The Morgan fingerprint density at radius 1 is 1.08 bits per heavy atom. The van der Waals surface area contributed by atoms with Crippen molar-refractivity contribution in [1.29, 1.82) is 0 Å². The molecule has 25 heavy (non-hydrogen) atoms. The summed E-state index contributed by atoms with van der Waals surface area (Å²) in [5, 5.41) is 10.2. The van der Waals surface area contributed by atoms with Gasteiger partial charge in [-0.25, -0.2) is 4.79 Å². The number of hydrogen-bond acceptors (Lipinski definition) is 4. The Hall–Kier alpha value is -2.37. The van der Waals surface area contributed by atoms with Crippen LogP contribution in [-0.4, -0.2) is 28.3 Å². The Bertz CT molecular complexity index is 827. The zero-order valence-electron chi connectivity index (χ0n) is 14.3. The minimum absolute atomic E-state index is 0.0282. The van der Waals surface area contributed by atoms with Crippen molar-refractivity contribution >= 4 is 6.03 Å². The molecule has 2 aliphatic carbocycles. The second-order valence-electron chi connectivity index (χ2n) is 7.59. The highest BCUT2D eigenvalue weighted by molar-refractivity contribution is 5.77. The van der Waals surface area contributed by atoms with Gasteiger partial charge in [-0.3, -0.25) is 0 Å². The summed E-state index contributed by atoms with van der Waals surface area (Å²) in [6, 6.07) is 6.83. The fourth-order valence-corrected chi connectivity index (χ4v) is 4.34. The number of amides is 2. The van der Waals surface area contributed by atoms with Gasteiger partial charge in [-0.2, -0.15) is 4.98 Å². The van der Waals surface area contributed by atoms with E-state index in [9.17, 15) is 4.79 Å². The van der Waals surface area contributed by atoms with Crippen LogP contribution in [0.2, 0.25) is 0 Å². The van der Waals surface area contributed by atoms with Crippen molar-refractivity contribution in [3.05, 3.63) is 35.2 Å². The largest absolute Gasteiger partial charge is 0.334 e. The molecule has 130 valence electrons. The average molecular weight is 338 g/mol. The van der Waals surface area contributed by atoms with Gasteiger partial charge in [0.2, 0.25) is 0 Å². The summed E-state index contributed by atoms with van der Waals surface area (Å²) in [4.78, 5) is 16.2. The van der Waals surface area contributed by atoms with E-state index in [0.717, 1.165) is 30.7 Å². The third-order valence-corrected chi connectivity index (χ3v) is 5.91. The van der Waals surface area contributed by atoms with Crippen molar-refractivity contribution in [2.24, 2.45) is 0 Å². The highest BCUT2D eigenvalue weighted by Crippen LogP contribution is 2.41. The Kier molecular flexibility index (Phi) is 3.33. The zero-order valence-corrected chi connectivity index (χ0v) is 14.3.